The number of aromatic nitrogens is 2. The first-order valence-electron chi connectivity index (χ1n) is 6.72. The van der Waals surface area contributed by atoms with Crippen molar-refractivity contribution in [2.24, 2.45) is 0 Å². The number of benzene rings is 1. The maximum absolute atomic E-state index is 5.87. The van der Waals surface area contributed by atoms with Crippen LogP contribution in [0.4, 0.5) is 0 Å². The zero-order chi connectivity index (χ0) is 14.5. The molecule has 0 atom stereocenters. The molecule has 3 nitrogen and oxygen atoms in total. The molecular weight excluding hydrogens is 272 g/mol. The average Bonchev–Trinajstić information content (AvgIpc) is 2.41. The van der Waals surface area contributed by atoms with E-state index in [4.69, 9.17) is 16.3 Å². The van der Waals surface area contributed by atoms with Crippen LogP contribution in [0.15, 0.2) is 24.3 Å². The molecule has 0 fully saturated rings. The Morgan fingerprint density at radius 3 is 2.15 bits per heavy atom. The number of hydrogen-bond donors (Lipinski definition) is 0. The van der Waals surface area contributed by atoms with E-state index in [-0.39, 0.29) is 0 Å². The van der Waals surface area contributed by atoms with E-state index in [0.29, 0.717) is 0 Å². The van der Waals surface area contributed by atoms with E-state index in [2.05, 4.69) is 22.1 Å². The van der Waals surface area contributed by atoms with E-state index in [9.17, 15) is 0 Å². The van der Waals surface area contributed by atoms with Gasteiger partial charge in [-0.05, 0) is 44.4 Å². The maximum Gasteiger partial charge on any atom is 0.161 e. The summed E-state index contributed by atoms with van der Waals surface area (Å²) in [6, 6.07) is 7.98. The number of nitrogens with zero attached hydrogens (tertiary/aromatic N) is 2. The van der Waals surface area contributed by atoms with Gasteiger partial charge < -0.3 is 4.74 Å². The standard InChI is InChI=1S/C16H19ClN2O/c1-11-16(20-3)12(2)19-15(18-11)6-4-5-13-7-9-14(17)10-8-13/h7-10H,4-6H2,1-3H3. The average molecular weight is 291 g/mol. The lowest BCUT2D eigenvalue weighted by Crippen LogP contribution is -2.03. The lowest BCUT2D eigenvalue weighted by molar-refractivity contribution is 0.402. The van der Waals surface area contributed by atoms with Crippen molar-refractivity contribution in [1.29, 1.82) is 0 Å². The molecule has 0 N–H and O–H groups in total. The molecule has 2 aromatic rings. The van der Waals surface area contributed by atoms with Crippen LogP contribution in [0, 0.1) is 13.8 Å². The molecule has 0 spiro atoms. The third-order valence-electron chi connectivity index (χ3n) is 3.23. The highest BCUT2D eigenvalue weighted by Gasteiger charge is 2.08. The summed E-state index contributed by atoms with van der Waals surface area (Å²) < 4.78 is 5.28. The van der Waals surface area contributed by atoms with Gasteiger partial charge in [-0.25, -0.2) is 9.97 Å². The maximum atomic E-state index is 5.87. The highest BCUT2D eigenvalue weighted by Crippen LogP contribution is 2.19. The minimum Gasteiger partial charge on any atom is -0.493 e. The van der Waals surface area contributed by atoms with Crippen LogP contribution in [0.3, 0.4) is 0 Å². The summed E-state index contributed by atoms with van der Waals surface area (Å²) in [6.45, 7) is 3.91. The summed E-state index contributed by atoms with van der Waals surface area (Å²) in [6.07, 6.45) is 2.89. The van der Waals surface area contributed by atoms with Gasteiger partial charge >= 0.3 is 0 Å². The number of halogens is 1. The van der Waals surface area contributed by atoms with Gasteiger partial charge in [0.2, 0.25) is 0 Å². The van der Waals surface area contributed by atoms with Gasteiger partial charge in [-0.15, -0.1) is 0 Å². The van der Waals surface area contributed by atoms with Gasteiger partial charge in [0.25, 0.3) is 0 Å². The molecule has 0 aliphatic heterocycles. The third-order valence-corrected chi connectivity index (χ3v) is 3.49. The predicted molar refractivity (Wildman–Crippen MR) is 81.5 cm³/mol. The Kier molecular flexibility index (Phi) is 4.96. The highest BCUT2D eigenvalue weighted by atomic mass is 35.5. The molecule has 1 aromatic carbocycles. The van der Waals surface area contributed by atoms with Gasteiger partial charge in [0.1, 0.15) is 5.82 Å². The molecule has 0 radical (unpaired) electrons. The highest BCUT2D eigenvalue weighted by molar-refractivity contribution is 6.30. The molecule has 0 aliphatic rings. The van der Waals surface area contributed by atoms with Crippen LogP contribution in [0.25, 0.3) is 0 Å². The molecule has 0 amide bonds. The van der Waals surface area contributed by atoms with Crippen LogP contribution in [0.1, 0.15) is 29.2 Å². The fourth-order valence-electron chi connectivity index (χ4n) is 2.28. The Morgan fingerprint density at radius 2 is 1.60 bits per heavy atom. The first-order chi connectivity index (χ1) is 9.60. The lowest BCUT2D eigenvalue weighted by Gasteiger charge is -2.09. The van der Waals surface area contributed by atoms with Crippen LogP contribution in [0.5, 0.6) is 5.75 Å². The minimum atomic E-state index is 0.776. The van der Waals surface area contributed by atoms with Crippen molar-refractivity contribution >= 4 is 11.6 Å². The lowest BCUT2D eigenvalue weighted by atomic mass is 10.1. The molecule has 0 aliphatic carbocycles. The first-order valence-corrected chi connectivity index (χ1v) is 7.10. The summed E-state index contributed by atoms with van der Waals surface area (Å²) in [4.78, 5) is 8.99. The number of aryl methyl sites for hydroxylation is 4. The molecule has 1 heterocycles. The zero-order valence-electron chi connectivity index (χ0n) is 12.1. The summed E-state index contributed by atoms with van der Waals surface area (Å²) in [5.41, 5.74) is 3.10. The Morgan fingerprint density at radius 1 is 1.00 bits per heavy atom. The molecule has 20 heavy (non-hydrogen) atoms. The molecule has 2 rings (SSSR count). The van der Waals surface area contributed by atoms with E-state index in [1.165, 1.54) is 5.56 Å². The summed E-state index contributed by atoms with van der Waals surface area (Å²) in [5, 5.41) is 0.776. The Hall–Kier alpha value is -1.61. The van der Waals surface area contributed by atoms with Crippen molar-refractivity contribution < 1.29 is 4.74 Å². The quantitative estimate of drug-likeness (QED) is 0.837. The van der Waals surface area contributed by atoms with Gasteiger partial charge in [-0.2, -0.15) is 0 Å². The SMILES string of the molecule is COc1c(C)nc(CCCc2ccc(Cl)cc2)nc1C. The van der Waals surface area contributed by atoms with Gasteiger partial charge in [0.15, 0.2) is 5.75 Å². The summed E-state index contributed by atoms with van der Waals surface area (Å²) in [7, 11) is 1.65. The Balaban J connectivity index is 1.96. The van der Waals surface area contributed by atoms with Crippen molar-refractivity contribution in [1.82, 2.24) is 9.97 Å². The Labute approximate surface area is 125 Å². The topological polar surface area (TPSA) is 35.0 Å². The van der Waals surface area contributed by atoms with E-state index in [1.54, 1.807) is 7.11 Å². The van der Waals surface area contributed by atoms with E-state index >= 15 is 0 Å². The molecule has 0 bridgehead atoms. The van der Waals surface area contributed by atoms with E-state index in [0.717, 1.165) is 47.2 Å². The number of ether oxygens (including phenoxy) is 1. The van der Waals surface area contributed by atoms with Crippen molar-refractivity contribution in [3.63, 3.8) is 0 Å². The predicted octanol–water partition coefficient (Wildman–Crippen LogP) is 3.93. The summed E-state index contributed by atoms with van der Waals surface area (Å²) in [5.74, 6) is 1.67. The van der Waals surface area contributed by atoms with Gasteiger partial charge in [-0.3, -0.25) is 0 Å². The molecule has 0 saturated carbocycles. The normalized spacial score (nSPS) is 10.6. The summed E-state index contributed by atoms with van der Waals surface area (Å²) >= 11 is 5.87. The van der Waals surface area contributed by atoms with Crippen LogP contribution < -0.4 is 4.74 Å². The van der Waals surface area contributed by atoms with Crippen molar-refractivity contribution in [3.05, 3.63) is 52.1 Å². The fourth-order valence-corrected chi connectivity index (χ4v) is 2.41. The number of hydrogen-bond acceptors (Lipinski definition) is 3. The molecule has 106 valence electrons. The van der Waals surface area contributed by atoms with Crippen molar-refractivity contribution in [2.75, 3.05) is 7.11 Å². The number of rotatable bonds is 5. The van der Waals surface area contributed by atoms with E-state index in [1.807, 2.05) is 26.0 Å². The molecule has 0 unspecified atom stereocenters. The fraction of sp³-hybridized carbons (Fsp3) is 0.375. The van der Waals surface area contributed by atoms with Crippen molar-refractivity contribution in [2.45, 2.75) is 33.1 Å². The largest absolute Gasteiger partial charge is 0.493 e. The monoisotopic (exact) mass is 290 g/mol. The number of methoxy groups -OCH3 is 1. The molecule has 1 aromatic heterocycles. The second kappa shape index (κ2) is 6.71. The van der Waals surface area contributed by atoms with Gasteiger partial charge in [0, 0.05) is 11.4 Å². The van der Waals surface area contributed by atoms with Crippen LogP contribution >= 0.6 is 11.6 Å². The third kappa shape index (κ3) is 3.70. The first kappa shape index (κ1) is 14.8. The van der Waals surface area contributed by atoms with Crippen LogP contribution in [-0.4, -0.2) is 17.1 Å². The van der Waals surface area contributed by atoms with Crippen molar-refractivity contribution in [3.8, 4) is 5.75 Å². The second-order valence-electron chi connectivity index (χ2n) is 4.82. The molecule has 4 heteroatoms. The van der Waals surface area contributed by atoms with E-state index < -0.39 is 0 Å². The van der Waals surface area contributed by atoms with Gasteiger partial charge in [-0.1, -0.05) is 23.7 Å². The van der Waals surface area contributed by atoms with Crippen LogP contribution in [0.2, 0.25) is 5.02 Å². The van der Waals surface area contributed by atoms with Gasteiger partial charge in [0.05, 0.1) is 18.5 Å². The molecule has 0 saturated heterocycles. The smallest absolute Gasteiger partial charge is 0.161 e. The van der Waals surface area contributed by atoms with Crippen LogP contribution in [-0.2, 0) is 12.8 Å². The molecular formula is C16H19ClN2O. The second-order valence-corrected chi connectivity index (χ2v) is 5.26. The zero-order valence-corrected chi connectivity index (χ0v) is 12.9. The minimum absolute atomic E-state index is 0.776. The Bertz CT molecular complexity index is 559.